The van der Waals surface area contributed by atoms with Crippen molar-refractivity contribution in [3.8, 4) is 0 Å². The number of carbonyl (C=O) groups excluding carboxylic acids is 1. The maximum Gasteiger partial charge on any atom is 0.240 e. The fraction of sp³-hybridized carbons (Fsp3) is 0.423. The van der Waals surface area contributed by atoms with Gasteiger partial charge in [0, 0.05) is 12.2 Å². The highest BCUT2D eigenvalue weighted by atomic mass is 32.2. The SMILES string of the molecule is CC(Sc1nnc(CN2CCCCC2)n1Cc1ccccc1)C(=O)N1CCc2ccccc21. The summed E-state index contributed by atoms with van der Waals surface area (Å²) in [5, 5.41) is 9.71. The van der Waals surface area contributed by atoms with E-state index in [1.165, 1.54) is 42.2 Å². The van der Waals surface area contributed by atoms with Gasteiger partial charge in [0.05, 0.1) is 18.3 Å². The Morgan fingerprint density at radius 2 is 1.70 bits per heavy atom. The number of hydrogen-bond acceptors (Lipinski definition) is 5. The number of thioether (sulfide) groups is 1. The monoisotopic (exact) mass is 461 g/mol. The summed E-state index contributed by atoms with van der Waals surface area (Å²) < 4.78 is 2.20. The Bertz CT molecular complexity index is 1090. The average Bonchev–Trinajstić information content (AvgIpc) is 3.44. The molecule has 33 heavy (non-hydrogen) atoms. The summed E-state index contributed by atoms with van der Waals surface area (Å²) in [6.45, 7) is 6.49. The summed E-state index contributed by atoms with van der Waals surface area (Å²) in [6, 6.07) is 18.6. The molecule has 0 N–H and O–H groups in total. The van der Waals surface area contributed by atoms with Crippen LogP contribution < -0.4 is 4.90 Å². The van der Waals surface area contributed by atoms with Crippen molar-refractivity contribution >= 4 is 23.4 Å². The first-order chi connectivity index (χ1) is 16.2. The molecule has 0 aliphatic carbocycles. The number of fused-ring (bicyclic) bond motifs is 1. The molecule has 1 unspecified atom stereocenters. The number of carbonyl (C=O) groups is 1. The van der Waals surface area contributed by atoms with E-state index in [0.717, 1.165) is 49.3 Å². The second kappa shape index (κ2) is 10.1. The number of likely N-dealkylation sites (tertiary alicyclic amines) is 1. The molecule has 2 aliphatic heterocycles. The lowest BCUT2D eigenvalue weighted by Crippen LogP contribution is -2.35. The first-order valence-corrected chi connectivity index (χ1v) is 12.8. The minimum atomic E-state index is -0.238. The van der Waals surface area contributed by atoms with Crippen molar-refractivity contribution in [3.05, 3.63) is 71.5 Å². The zero-order valence-electron chi connectivity index (χ0n) is 19.2. The van der Waals surface area contributed by atoms with Crippen LogP contribution in [0.2, 0.25) is 0 Å². The molecule has 0 radical (unpaired) electrons. The van der Waals surface area contributed by atoms with Crippen LogP contribution in [0.4, 0.5) is 5.69 Å². The van der Waals surface area contributed by atoms with Gasteiger partial charge in [0.1, 0.15) is 5.82 Å². The molecule has 172 valence electrons. The Kier molecular flexibility index (Phi) is 6.78. The van der Waals surface area contributed by atoms with E-state index in [1.54, 1.807) is 0 Å². The number of aromatic nitrogens is 3. The largest absolute Gasteiger partial charge is 0.311 e. The van der Waals surface area contributed by atoms with Crippen LogP contribution in [-0.2, 0) is 24.3 Å². The molecule has 3 heterocycles. The predicted molar refractivity (Wildman–Crippen MR) is 133 cm³/mol. The van der Waals surface area contributed by atoms with E-state index in [9.17, 15) is 4.79 Å². The zero-order valence-corrected chi connectivity index (χ0v) is 20.0. The standard InChI is InChI=1S/C26H31N5OS/c1-20(25(32)30-17-14-22-12-6-7-13-23(22)30)33-26-28-27-24(19-29-15-8-3-9-16-29)31(26)18-21-10-4-2-5-11-21/h2,4-7,10-13,20H,3,8-9,14-19H2,1H3. The van der Waals surface area contributed by atoms with E-state index in [2.05, 4.69) is 50.0 Å². The normalized spacial score (nSPS) is 17.2. The highest BCUT2D eigenvalue weighted by Crippen LogP contribution is 2.31. The smallest absolute Gasteiger partial charge is 0.240 e. The lowest BCUT2D eigenvalue weighted by Gasteiger charge is -2.26. The third kappa shape index (κ3) is 4.99. The lowest BCUT2D eigenvalue weighted by molar-refractivity contribution is -0.117. The summed E-state index contributed by atoms with van der Waals surface area (Å²) in [5.41, 5.74) is 3.51. The van der Waals surface area contributed by atoms with Crippen LogP contribution >= 0.6 is 11.8 Å². The molecule has 1 fully saturated rings. The van der Waals surface area contributed by atoms with E-state index in [0.29, 0.717) is 6.54 Å². The molecule has 1 amide bonds. The molecular formula is C26H31N5OS. The molecule has 0 spiro atoms. The predicted octanol–water partition coefficient (Wildman–Crippen LogP) is 4.38. The van der Waals surface area contributed by atoms with Crippen LogP contribution in [0.5, 0.6) is 0 Å². The van der Waals surface area contributed by atoms with E-state index in [-0.39, 0.29) is 11.2 Å². The molecule has 5 rings (SSSR count). The van der Waals surface area contributed by atoms with Gasteiger partial charge in [-0.25, -0.2) is 0 Å². The van der Waals surface area contributed by atoms with Crippen LogP contribution in [0, 0.1) is 0 Å². The van der Waals surface area contributed by atoms with E-state index < -0.39 is 0 Å². The number of anilines is 1. The van der Waals surface area contributed by atoms with Gasteiger partial charge in [-0.1, -0.05) is 66.7 Å². The summed E-state index contributed by atoms with van der Waals surface area (Å²) >= 11 is 1.52. The molecular weight excluding hydrogens is 430 g/mol. The van der Waals surface area contributed by atoms with Crippen LogP contribution in [0.15, 0.2) is 59.8 Å². The van der Waals surface area contributed by atoms with Crippen molar-refractivity contribution in [2.45, 2.75) is 56.1 Å². The summed E-state index contributed by atoms with van der Waals surface area (Å²) in [7, 11) is 0. The van der Waals surface area contributed by atoms with Crippen molar-refractivity contribution in [2.75, 3.05) is 24.5 Å². The lowest BCUT2D eigenvalue weighted by atomic mass is 10.1. The molecule has 2 aromatic carbocycles. The Morgan fingerprint density at radius 1 is 0.939 bits per heavy atom. The number of benzene rings is 2. The van der Waals surface area contributed by atoms with Gasteiger partial charge in [0.2, 0.25) is 5.91 Å². The van der Waals surface area contributed by atoms with Gasteiger partial charge < -0.3 is 9.47 Å². The third-order valence-electron chi connectivity index (χ3n) is 6.57. The molecule has 0 saturated carbocycles. The molecule has 1 saturated heterocycles. The van der Waals surface area contributed by atoms with Crippen molar-refractivity contribution in [3.63, 3.8) is 0 Å². The molecule has 2 aliphatic rings. The Morgan fingerprint density at radius 3 is 2.52 bits per heavy atom. The van der Waals surface area contributed by atoms with Gasteiger partial charge in [-0.05, 0) is 56.5 Å². The molecule has 1 atom stereocenters. The molecule has 1 aromatic heterocycles. The highest BCUT2D eigenvalue weighted by Gasteiger charge is 2.30. The number of nitrogens with zero attached hydrogens (tertiary/aromatic N) is 5. The summed E-state index contributed by atoms with van der Waals surface area (Å²) in [5.74, 6) is 1.12. The summed E-state index contributed by atoms with van der Waals surface area (Å²) in [4.78, 5) is 17.7. The zero-order chi connectivity index (χ0) is 22.6. The first-order valence-electron chi connectivity index (χ1n) is 11.9. The molecule has 0 bridgehead atoms. The Hall–Kier alpha value is -2.64. The van der Waals surface area contributed by atoms with E-state index in [4.69, 9.17) is 0 Å². The third-order valence-corrected chi connectivity index (χ3v) is 7.64. The second-order valence-electron chi connectivity index (χ2n) is 8.94. The molecule has 3 aromatic rings. The van der Waals surface area contributed by atoms with Gasteiger partial charge in [-0.3, -0.25) is 9.69 Å². The van der Waals surface area contributed by atoms with E-state index in [1.807, 2.05) is 36.1 Å². The van der Waals surface area contributed by atoms with Crippen molar-refractivity contribution in [1.29, 1.82) is 0 Å². The minimum Gasteiger partial charge on any atom is -0.311 e. The fourth-order valence-electron chi connectivity index (χ4n) is 4.76. The van der Waals surface area contributed by atoms with Gasteiger partial charge in [-0.15, -0.1) is 10.2 Å². The summed E-state index contributed by atoms with van der Waals surface area (Å²) in [6.07, 6.45) is 4.73. The fourth-order valence-corrected chi connectivity index (χ4v) is 5.69. The van der Waals surface area contributed by atoms with Gasteiger partial charge in [-0.2, -0.15) is 0 Å². The number of piperidine rings is 1. The van der Waals surface area contributed by atoms with E-state index >= 15 is 0 Å². The van der Waals surface area contributed by atoms with Crippen molar-refractivity contribution in [2.24, 2.45) is 0 Å². The van der Waals surface area contributed by atoms with Crippen molar-refractivity contribution < 1.29 is 4.79 Å². The van der Waals surface area contributed by atoms with Crippen LogP contribution in [-0.4, -0.2) is 50.5 Å². The number of hydrogen-bond donors (Lipinski definition) is 0. The topological polar surface area (TPSA) is 54.3 Å². The highest BCUT2D eigenvalue weighted by molar-refractivity contribution is 8.00. The average molecular weight is 462 g/mol. The number of rotatable bonds is 7. The van der Waals surface area contributed by atoms with Gasteiger partial charge in [0.25, 0.3) is 0 Å². The van der Waals surface area contributed by atoms with Crippen LogP contribution in [0.3, 0.4) is 0 Å². The maximum atomic E-state index is 13.3. The molecule has 6 nitrogen and oxygen atoms in total. The number of para-hydroxylation sites is 1. The van der Waals surface area contributed by atoms with Crippen LogP contribution in [0.25, 0.3) is 0 Å². The second-order valence-corrected chi connectivity index (χ2v) is 10.2. The first kappa shape index (κ1) is 22.2. The quantitative estimate of drug-likeness (QED) is 0.489. The van der Waals surface area contributed by atoms with Crippen molar-refractivity contribution in [1.82, 2.24) is 19.7 Å². The van der Waals surface area contributed by atoms with Gasteiger partial charge >= 0.3 is 0 Å². The van der Waals surface area contributed by atoms with Gasteiger partial charge in [0.15, 0.2) is 5.16 Å². The minimum absolute atomic E-state index is 0.136. The molecule has 7 heteroatoms. The Labute approximate surface area is 200 Å². The van der Waals surface area contributed by atoms with Crippen LogP contribution in [0.1, 0.15) is 43.1 Å². The Balaban J connectivity index is 1.36. The number of amides is 1. The maximum absolute atomic E-state index is 13.3.